The Hall–Kier alpha value is -4.63. The Kier molecular flexibility index (Phi) is 7.39. The molecule has 2 saturated heterocycles. The third kappa shape index (κ3) is 4.94. The minimum absolute atomic E-state index is 0.00698. The maximum atomic E-state index is 16.1. The van der Waals surface area contributed by atoms with Crippen LogP contribution in [0, 0.1) is 17.6 Å². The smallest absolute Gasteiger partial charge is 0.341 e. The van der Waals surface area contributed by atoms with Gasteiger partial charge in [-0.25, -0.2) is 13.6 Å². The van der Waals surface area contributed by atoms with Gasteiger partial charge in [-0.1, -0.05) is 0 Å². The molecule has 3 fully saturated rings. The Morgan fingerprint density at radius 1 is 1.17 bits per heavy atom. The molecule has 0 amide bonds. The quantitative estimate of drug-likeness (QED) is 0.188. The highest BCUT2D eigenvalue weighted by Crippen LogP contribution is 2.46. The van der Waals surface area contributed by atoms with Crippen LogP contribution in [0.2, 0.25) is 0 Å². The zero-order valence-electron chi connectivity index (χ0n) is 24.8. The van der Waals surface area contributed by atoms with Crippen molar-refractivity contribution in [2.75, 3.05) is 31.6 Å². The van der Waals surface area contributed by atoms with Crippen molar-refractivity contribution in [3.05, 3.63) is 57.9 Å². The standard InChI is InChI=1S/C31H31F2N7O5S/c1-45-28-25-19(27(41)20(30(43)44)12-39(25)17-5-6-17)10-21(33)26(28)38-11-15-3-2-8-37(23(15)13-38)14-40-22-7-4-16(32)9-18(22)24(29(40)42)35-36-31(34)46/h4,7,9-10,12,15,17,23,42H,2-3,5-6,8,11,13-14H2,1H3,(H2,34,46)(H,43,44)/t15-,23+/m0/s1. The molecule has 0 bridgehead atoms. The van der Waals surface area contributed by atoms with Gasteiger partial charge in [0.1, 0.15) is 17.1 Å². The number of likely N-dealkylation sites (tertiary alicyclic amines) is 1. The van der Waals surface area contributed by atoms with Crippen molar-refractivity contribution < 1.29 is 28.5 Å². The van der Waals surface area contributed by atoms with E-state index >= 15 is 4.39 Å². The molecular weight excluding hydrogens is 620 g/mol. The number of fused-ring (bicyclic) bond motifs is 3. The van der Waals surface area contributed by atoms with Gasteiger partial charge < -0.3 is 30.2 Å². The van der Waals surface area contributed by atoms with E-state index in [4.69, 9.17) is 22.7 Å². The van der Waals surface area contributed by atoms with Crippen LogP contribution in [0.4, 0.5) is 20.2 Å². The monoisotopic (exact) mass is 651 g/mol. The van der Waals surface area contributed by atoms with E-state index in [0.29, 0.717) is 36.1 Å². The first-order chi connectivity index (χ1) is 22.1. The number of aromatic nitrogens is 2. The van der Waals surface area contributed by atoms with E-state index in [1.807, 2.05) is 4.90 Å². The number of thiocarbonyl (C=S) groups is 1. The average molecular weight is 652 g/mol. The number of aromatic carboxylic acids is 1. The number of hydrogen-bond donors (Lipinski definition) is 3. The van der Waals surface area contributed by atoms with Crippen molar-refractivity contribution in [2.45, 2.75) is 44.4 Å². The van der Waals surface area contributed by atoms with E-state index in [2.05, 4.69) is 15.1 Å². The summed E-state index contributed by atoms with van der Waals surface area (Å²) < 4.78 is 39.5. The van der Waals surface area contributed by atoms with Crippen LogP contribution in [-0.4, -0.2) is 68.1 Å². The molecule has 12 nitrogen and oxygen atoms in total. The lowest BCUT2D eigenvalue weighted by molar-refractivity contribution is 0.0694. The van der Waals surface area contributed by atoms with E-state index in [1.165, 1.54) is 25.4 Å². The number of pyridine rings is 1. The number of benzene rings is 2. The van der Waals surface area contributed by atoms with Crippen LogP contribution in [0.3, 0.4) is 0 Å². The van der Waals surface area contributed by atoms with Gasteiger partial charge in [-0.05, 0) is 68.1 Å². The summed E-state index contributed by atoms with van der Waals surface area (Å²) in [5, 5.41) is 28.7. The summed E-state index contributed by atoms with van der Waals surface area (Å²) in [4.78, 5) is 29.1. The number of nitrogens with zero attached hydrogens (tertiary/aromatic N) is 6. The maximum absolute atomic E-state index is 16.1. The molecule has 0 radical (unpaired) electrons. The van der Waals surface area contributed by atoms with Crippen molar-refractivity contribution in [3.63, 3.8) is 0 Å². The van der Waals surface area contributed by atoms with Crippen molar-refractivity contribution in [1.29, 1.82) is 0 Å². The molecule has 1 aliphatic carbocycles. The second-order valence-electron chi connectivity index (χ2n) is 12.1. The van der Waals surface area contributed by atoms with E-state index in [-0.39, 0.29) is 58.2 Å². The number of rotatable bonds is 7. The van der Waals surface area contributed by atoms with E-state index in [9.17, 15) is 24.2 Å². The minimum atomic E-state index is -1.36. The topological polar surface area (TPSA) is 151 Å². The predicted octanol–water partition coefficient (Wildman–Crippen LogP) is 4.87. The maximum Gasteiger partial charge on any atom is 0.341 e. The summed E-state index contributed by atoms with van der Waals surface area (Å²) in [5.41, 5.74) is 5.53. The lowest BCUT2D eigenvalue weighted by Crippen LogP contribution is -2.45. The third-order valence-electron chi connectivity index (χ3n) is 9.33. The van der Waals surface area contributed by atoms with Gasteiger partial charge in [0.15, 0.2) is 17.3 Å². The number of ether oxygens (including phenoxy) is 1. The number of azo groups is 1. The highest BCUT2D eigenvalue weighted by Gasteiger charge is 2.42. The number of nitrogens with two attached hydrogens (primary N) is 1. The van der Waals surface area contributed by atoms with Crippen LogP contribution in [0.15, 0.2) is 45.5 Å². The molecule has 240 valence electrons. The molecule has 0 unspecified atom stereocenters. The number of anilines is 1. The largest absolute Gasteiger partial charge is 0.493 e. The molecule has 15 heteroatoms. The lowest BCUT2D eigenvalue weighted by atomic mass is 9.92. The molecular formula is C31H31F2N7O5S. The Morgan fingerprint density at radius 3 is 2.65 bits per heavy atom. The highest BCUT2D eigenvalue weighted by atomic mass is 32.1. The molecule has 46 heavy (non-hydrogen) atoms. The van der Waals surface area contributed by atoms with Crippen LogP contribution in [0.5, 0.6) is 11.6 Å². The van der Waals surface area contributed by atoms with Gasteiger partial charge in [-0.2, -0.15) is 0 Å². The summed E-state index contributed by atoms with van der Waals surface area (Å²) >= 11 is 4.79. The van der Waals surface area contributed by atoms with Crippen molar-refractivity contribution in [1.82, 2.24) is 14.0 Å². The highest BCUT2D eigenvalue weighted by molar-refractivity contribution is 7.80. The minimum Gasteiger partial charge on any atom is -0.493 e. The average Bonchev–Trinajstić information content (AvgIpc) is 3.71. The first kappa shape index (κ1) is 30.0. The normalized spacial score (nSPS) is 20.2. The second kappa shape index (κ2) is 11.3. The van der Waals surface area contributed by atoms with Crippen LogP contribution in [0.25, 0.3) is 21.8 Å². The van der Waals surface area contributed by atoms with Gasteiger partial charge in [0, 0.05) is 43.3 Å². The van der Waals surface area contributed by atoms with Crippen molar-refractivity contribution in [3.8, 4) is 11.6 Å². The molecule has 2 aliphatic heterocycles. The molecule has 1 saturated carbocycles. The van der Waals surface area contributed by atoms with Gasteiger partial charge in [0.05, 0.1) is 30.2 Å². The van der Waals surface area contributed by atoms with Crippen molar-refractivity contribution in [2.24, 2.45) is 21.9 Å². The molecule has 0 spiro atoms. The zero-order chi connectivity index (χ0) is 32.4. The number of carbonyl (C=O) groups is 1. The fraction of sp³-hybridized carbons (Fsp3) is 0.387. The summed E-state index contributed by atoms with van der Waals surface area (Å²) in [6, 6.07) is 5.23. The van der Waals surface area contributed by atoms with Crippen molar-refractivity contribution >= 4 is 56.5 Å². The third-order valence-corrected chi connectivity index (χ3v) is 9.41. The van der Waals surface area contributed by atoms with E-state index in [0.717, 1.165) is 31.7 Å². The molecule has 4 heterocycles. The molecule has 7 rings (SSSR count). The Balaban J connectivity index is 1.26. The van der Waals surface area contributed by atoms with Gasteiger partial charge in [-0.3, -0.25) is 14.3 Å². The summed E-state index contributed by atoms with van der Waals surface area (Å²) in [6.45, 7) is 1.92. The summed E-state index contributed by atoms with van der Waals surface area (Å²) in [7, 11) is 1.43. The second-order valence-corrected chi connectivity index (χ2v) is 12.5. The zero-order valence-corrected chi connectivity index (χ0v) is 25.6. The fourth-order valence-electron chi connectivity index (χ4n) is 7.17. The fourth-order valence-corrected chi connectivity index (χ4v) is 7.22. The lowest BCUT2D eigenvalue weighted by Gasteiger charge is -2.37. The van der Waals surface area contributed by atoms with Gasteiger partial charge in [0.2, 0.25) is 16.4 Å². The summed E-state index contributed by atoms with van der Waals surface area (Å²) in [6.07, 6.45) is 4.74. The number of aromatic hydroxyl groups is 1. The Labute approximate surface area is 266 Å². The molecule has 2 aromatic carbocycles. The Bertz CT molecular complexity index is 2020. The number of carboxylic acids is 1. The van der Waals surface area contributed by atoms with E-state index in [1.54, 1.807) is 15.2 Å². The Morgan fingerprint density at radius 2 is 1.96 bits per heavy atom. The molecule has 2 aromatic heterocycles. The number of hydrogen-bond acceptors (Lipinski definition) is 8. The number of carboxylic acid groups (broad SMARTS) is 1. The van der Waals surface area contributed by atoms with Gasteiger partial charge >= 0.3 is 5.97 Å². The first-order valence-electron chi connectivity index (χ1n) is 15.0. The number of halogens is 2. The summed E-state index contributed by atoms with van der Waals surface area (Å²) in [5.74, 6) is -2.38. The number of piperidine rings is 1. The molecule has 4 aromatic rings. The van der Waals surface area contributed by atoms with Crippen LogP contribution >= 0.6 is 12.2 Å². The molecule has 2 atom stereocenters. The molecule has 3 aliphatic rings. The van der Waals surface area contributed by atoms with Crippen LogP contribution < -0.4 is 20.8 Å². The van der Waals surface area contributed by atoms with E-state index < -0.39 is 28.6 Å². The SMILES string of the molecule is COc1c(N2C[C@@H]3CCCN(Cn4c(O)c(N=NC(N)=S)c5cc(F)ccc54)[C@@H]3C2)c(F)cc2c(=O)c(C(=O)O)cn(C3CC3)c12. The van der Waals surface area contributed by atoms with Crippen LogP contribution in [-0.2, 0) is 6.67 Å². The first-order valence-corrected chi connectivity index (χ1v) is 15.4. The number of methoxy groups -OCH3 is 1. The molecule has 4 N–H and O–H groups in total. The van der Waals surface area contributed by atoms with Gasteiger partial charge in [-0.15, -0.1) is 10.2 Å². The van der Waals surface area contributed by atoms with Crippen LogP contribution in [0.1, 0.15) is 42.1 Å². The van der Waals surface area contributed by atoms with Gasteiger partial charge in [0.25, 0.3) is 0 Å². The predicted molar refractivity (Wildman–Crippen MR) is 170 cm³/mol.